The predicted octanol–water partition coefficient (Wildman–Crippen LogP) is 5.36. The third-order valence-corrected chi connectivity index (χ3v) is 4.03. The number of hydrogen-bond acceptors (Lipinski definition) is 3. The van der Waals surface area contributed by atoms with E-state index in [1.807, 2.05) is 24.3 Å². The van der Waals surface area contributed by atoms with E-state index in [0.717, 1.165) is 30.2 Å². The number of anilines is 1. The summed E-state index contributed by atoms with van der Waals surface area (Å²) < 4.78 is 11.8. The maximum Gasteiger partial charge on any atom is 0.122 e. The normalized spacial score (nSPS) is 13.2. The second kappa shape index (κ2) is 8.62. The first-order valence-corrected chi connectivity index (χ1v) is 8.72. The van der Waals surface area contributed by atoms with Crippen molar-refractivity contribution in [2.75, 3.05) is 11.9 Å². The highest BCUT2D eigenvalue weighted by molar-refractivity contribution is 5.46. The summed E-state index contributed by atoms with van der Waals surface area (Å²) in [6.07, 6.45) is 1.34. The molecular weight excluding hydrogens is 298 g/mol. The van der Waals surface area contributed by atoms with Gasteiger partial charge in [0.1, 0.15) is 17.6 Å². The summed E-state index contributed by atoms with van der Waals surface area (Å²) in [5.41, 5.74) is 3.45. The Morgan fingerprint density at radius 1 is 0.917 bits per heavy atom. The molecule has 0 saturated heterocycles. The topological polar surface area (TPSA) is 30.5 Å². The molecule has 2 atom stereocenters. The zero-order valence-electron chi connectivity index (χ0n) is 15.4. The van der Waals surface area contributed by atoms with Gasteiger partial charge in [-0.25, -0.2) is 0 Å². The third-order valence-electron chi connectivity index (χ3n) is 4.03. The fraction of sp³-hybridized carbons (Fsp3) is 0.429. The van der Waals surface area contributed by atoms with Crippen LogP contribution in [0.2, 0.25) is 0 Å². The van der Waals surface area contributed by atoms with Gasteiger partial charge in [-0.15, -0.1) is 0 Å². The van der Waals surface area contributed by atoms with Crippen molar-refractivity contribution in [3.8, 4) is 11.5 Å². The van der Waals surface area contributed by atoms with E-state index in [1.165, 1.54) is 11.1 Å². The molecule has 2 aromatic rings. The van der Waals surface area contributed by atoms with Crippen molar-refractivity contribution in [3.63, 3.8) is 0 Å². The van der Waals surface area contributed by atoms with Gasteiger partial charge in [0.2, 0.25) is 0 Å². The van der Waals surface area contributed by atoms with E-state index < -0.39 is 0 Å². The molecule has 0 aliphatic rings. The summed E-state index contributed by atoms with van der Waals surface area (Å²) in [5, 5.41) is 3.41. The van der Waals surface area contributed by atoms with Crippen molar-refractivity contribution in [1.29, 1.82) is 0 Å². The first-order valence-electron chi connectivity index (χ1n) is 8.72. The van der Waals surface area contributed by atoms with Gasteiger partial charge in [-0.3, -0.25) is 0 Å². The largest absolute Gasteiger partial charge is 0.491 e. The minimum absolute atomic E-state index is 0.0848. The quantitative estimate of drug-likeness (QED) is 0.708. The maximum atomic E-state index is 6.05. The first-order chi connectivity index (χ1) is 11.5. The minimum Gasteiger partial charge on any atom is -0.491 e. The molecule has 1 N–H and O–H groups in total. The van der Waals surface area contributed by atoms with Crippen molar-refractivity contribution >= 4 is 5.69 Å². The number of nitrogens with one attached hydrogen (secondary N) is 1. The fourth-order valence-electron chi connectivity index (χ4n) is 2.32. The van der Waals surface area contributed by atoms with Gasteiger partial charge in [-0.2, -0.15) is 0 Å². The van der Waals surface area contributed by atoms with Gasteiger partial charge in [0.15, 0.2) is 0 Å². The Morgan fingerprint density at radius 2 is 1.62 bits per heavy atom. The van der Waals surface area contributed by atoms with E-state index in [1.54, 1.807) is 0 Å². The van der Waals surface area contributed by atoms with Gasteiger partial charge in [0, 0.05) is 5.69 Å². The molecule has 0 aromatic heterocycles. The van der Waals surface area contributed by atoms with Crippen LogP contribution in [0.15, 0.2) is 42.5 Å². The average Bonchev–Trinajstić information content (AvgIpc) is 2.57. The summed E-state index contributed by atoms with van der Waals surface area (Å²) in [7, 11) is 0. The second-order valence-electron chi connectivity index (χ2n) is 6.44. The number of aryl methyl sites for hydroxylation is 2. The van der Waals surface area contributed by atoms with Crippen molar-refractivity contribution in [1.82, 2.24) is 0 Å². The van der Waals surface area contributed by atoms with Crippen LogP contribution in [0.3, 0.4) is 0 Å². The Kier molecular flexibility index (Phi) is 6.53. The fourth-order valence-corrected chi connectivity index (χ4v) is 2.32. The Bertz CT molecular complexity index is 637. The SMILES string of the molecule is CC[C@@H](C)Oc1ccc(NC[C@H](C)Oc2cc(C)ccc2C)cc1. The molecule has 3 heteroatoms. The molecule has 0 aliphatic carbocycles. The van der Waals surface area contributed by atoms with Crippen LogP contribution in [0.25, 0.3) is 0 Å². The van der Waals surface area contributed by atoms with Crippen LogP contribution in [-0.2, 0) is 0 Å². The summed E-state index contributed by atoms with van der Waals surface area (Å²) in [6, 6.07) is 14.4. The Labute approximate surface area is 146 Å². The maximum absolute atomic E-state index is 6.05. The van der Waals surface area contributed by atoms with E-state index in [0.29, 0.717) is 0 Å². The van der Waals surface area contributed by atoms with Gasteiger partial charge in [-0.05, 0) is 75.6 Å². The van der Waals surface area contributed by atoms with Crippen LogP contribution in [0.1, 0.15) is 38.3 Å². The molecule has 0 saturated carbocycles. The summed E-state index contributed by atoms with van der Waals surface area (Å²) in [4.78, 5) is 0. The molecule has 3 nitrogen and oxygen atoms in total. The molecule has 0 bridgehead atoms. The van der Waals surface area contributed by atoms with Crippen LogP contribution in [0, 0.1) is 13.8 Å². The molecule has 24 heavy (non-hydrogen) atoms. The molecule has 130 valence electrons. The van der Waals surface area contributed by atoms with Crippen molar-refractivity contribution < 1.29 is 9.47 Å². The van der Waals surface area contributed by atoms with Gasteiger partial charge in [0.25, 0.3) is 0 Å². The zero-order valence-corrected chi connectivity index (χ0v) is 15.4. The summed E-state index contributed by atoms with van der Waals surface area (Å²) >= 11 is 0. The van der Waals surface area contributed by atoms with E-state index >= 15 is 0 Å². The van der Waals surface area contributed by atoms with Crippen LogP contribution in [0.4, 0.5) is 5.69 Å². The molecule has 0 aliphatic heterocycles. The lowest BCUT2D eigenvalue weighted by Crippen LogP contribution is -2.23. The number of hydrogen-bond donors (Lipinski definition) is 1. The minimum atomic E-state index is 0.0848. The van der Waals surface area contributed by atoms with Crippen LogP contribution in [0.5, 0.6) is 11.5 Å². The second-order valence-corrected chi connectivity index (χ2v) is 6.44. The summed E-state index contributed by atoms with van der Waals surface area (Å²) in [6.45, 7) is 11.2. The molecule has 0 amide bonds. The molecule has 2 aromatic carbocycles. The smallest absolute Gasteiger partial charge is 0.122 e. The van der Waals surface area contributed by atoms with E-state index in [4.69, 9.17) is 9.47 Å². The van der Waals surface area contributed by atoms with Crippen LogP contribution < -0.4 is 14.8 Å². The monoisotopic (exact) mass is 327 g/mol. The molecule has 0 fully saturated rings. The van der Waals surface area contributed by atoms with Crippen molar-refractivity contribution in [3.05, 3.63) is 53.6 Å². The molecule has 0 heterocycles. The third kappa shape index (κ3) is 5.48. The molecule has 0 spiro atoms. The van der Waals surface area contributed by atoms with Crippen LogP contribution in [-0.4, -0.2) is 18.8 Å². The highest BCUT2D eigenvalue weighted by Gasteiger charge is 2.07. The van der Waals surface area contributed by atoms with Gasteiger partial charge >= 0.3 is 0 Å². The Morgan fingerprint density at radius 3 is 2.29 bits per heavy atom. The number of ether oxygens (including phenoxy) is 2. The summed E-state index contributed by atoms with van der Waals surface area (Å²) in [5.74, 6) is 1.87. The average molecular weight is 327 g/mol. The van der Waals surface area contributed by atoms with Crippen molar-refractivity contribution in [2.24, 2.45) is 0 Å². The highest BCUT2D eigenvalue weighted by Crippen LogP contribution is 2.21. The molecular formula is C21H29NO2. The lowest BCUT2D eigenvalue weighted by molar-refractivity contribution is 0.217. The number of rotatable bonds is 8. The van der Waals surface area contributed by atoms with E-state index in [2.05, 4.69) is 58.1 Å². The van der Waals surface area contributed by atoms with Crippen LogP contribution >= 0.6 is 0 Å². The van der Waals surface area contributed by atoms with Gasteiger partial charge in [0.05, 0.1) is 12.6 Å². The van der Waals surface area contributed by atoms with Gasteiger partial charge in [-0.1, -0.05) is 19.1 Å². The Hall–Kier alpha value is -2.16. The lowest BCUT2D eigenvalue weighted by atomic mass is 10.1. The first kappa shape index (κ1) is 18.2. The molecule has 0 unspecified atom stereocenters. The lowest BCUT2D eigenvalue weighted by Gasteiger charge is -2.18. The van der Waals surface area contributed by atoms with Gasteiger partial charge < -0.3 is 14.8 Å². The molecule has 0 radical (unpaired) electrons. The zero-order chi connectivity index (χ0) is 17.5. The Balaban J connectivity index is 1.85. The predicted molar refractivity (Wildman–Crippen MR) is 101 cm³/mol. The van der Waals surface area contributed by atoms with Crippen molar-refractivity contribution in [2.45, 2.75) is 53.2 Å². The van der Waals surface area contributed by atoms with E-state index in [9.17, 15) is 0 Å². The standard InChI is InChI=1S/C21H29NO2/c1-6-17(4)23-20-11-9-19(10-12-20)22-14-18(5)24-21-13-15(2)7-8-16(21)3/h7-13,17-18,22H,6,14H2,1-5H3/t17-,18+/m1/s1. The highest BCUT2D eigenvalue weighted by atomic mass is 16.5. The number of benzene rings is 2. The van der Waals surface area contributed by atoms with E-state index in [-0.39, 0.29) is 12.2 Å². The molecule has 2 rings (SSSR count).